The number of amides is 1. The van der Waals surface area contributed by atoms with Gasteiger partial charge < -0.3 is 5.32 Å². The maximum Gasteiger partial charge on any atom is 0.270 e. The Morgan fingerprint density at radius 3 is 2.65 bits per heavy atom. The minimum atomic E-state index is -3.66. The fourth-order valence-corrected chi connectivity index (χ4v) is 3.18. The minimum absolute atomic E-state index is 0.0313. The Balaban J connectivity index is 2.60. The van der Waals surface area contributed by atoms with Gasteiger partial charge in [-0.15, -0.1) is 11.3 Å². The molecule has 1 N–H and O–H groups in total. The largest absolute Gasteiger partial charge is 0.351 e. The van der Waals surface area contributed by atoms with E-state index in [1.54, 1.807) is 6.07 Å². The molecule has 0 aliphatic rings. The molecule has 1 unspecified atom stereocenters. The van der Waals surface area contributed by atoms with Crippen LogP contribution in [-0.4, -0.2) is 14.3 Å². The lowest BCUT2D eigenvalue weighted by Gasteiger charge is -2.08. The summed E-state index contributed by atoms with van der Waals surface area (Å²) < 4.78 is 22.2. The monoisotopic (exact) mass is 295 g/mol. The van der Waals surface area contributed by atoms with Crippen LogP contribution in [0.15, 0.2) is 16.3 Å². The van der Waals surface area contributed by atoms with Gasteiger partial charge in [-0.3, -0.25) is 4.79 Å². The molecule has 0 fully saturated rings. The molecule has 7 heteroatoms. The maximum atomic E-state index is 11.5. The van der Waals surface area contributed by atoms with Crippen LogP contribution in [0.4, 0.5) is 0 Å². The summed E-state index contributed by atoms with van der Waals surface area (Å²) in [6.45, 7) is 4.12. The molecule has 1 aromatic heterocycles. The highest BCUT2D eigenvalue weighted by atomic mass is 35.7. The van der Waals surface area contributed by atoms with E-state index < -0.39 is 9.05 Å². The van der Waals surface area contributed by atoms with E-state index in [9.17, 15) is 13.2 Å². The number of halogens is 1. The Hall–Kier alpha value is -0.590. The van der Waals surface area contributed by atoms with Crippen molar-refractivity contribution in [2.24, 2.45) is 5.92 Å². The number of carbonyl (C=O) groups excluding carboxylic acids is 1. The van der Waals surface area contributed by atoms with Crippen molar-refractivity contribution in [1.29, 1.82) is 0 Å². The smallest absolute Gasteiger partial charge is 0.270 e. The summed E-state index contributed by atoms with van der Waals surface area (Å²) in [7, 11) is 1.54. The van der Waals surface area contributed by atoms with Crippen molar-refractivity contribution >= 4 is 37.0 Å². The van der Waals surface area contributed by atoms with E-state index in [2.05, 4.69) is 5.32 Å². The highest BCUT2D eigenvalue weighted by Crippen LogP contribution is 2.24. The summed E-state index contributed by atoms with van der Waals surface area (Å²) in [4.78, 5) is 12.3. The summed E-state index contributed by atoms with van der Waals surface area (Å²) in [5, 5.41) is 2.75. The van der Waals surface area contributed by atoms with Crippen LogP contribution in [0, 0.1) is 5.92 Å². The number of carbonyl (C=O) groups is 1. The van der Waals surface area contributed by atoms with Crippen molar-refractivity contribution in [1.82, 2.24) is 5.32 Å². The van der Waals surface area contributed by atoms with Crippen LogP contribution in [-0.2, 0) is 20.4 Å². The first kappa shape index (κ1) is 14.5. The molecule has 1 rings (SSSR count). The molecule has 1 amide bonds. The van der Waals surface area contributed by atoms with Crippen LogP contribution in [0.2, 0.25) is 0 Å². The van der Waals surface area contributed by atoms with Gasteiger partial charge >= 0.3 is 0 Å². The summed E-state index contributed by atoms with van der Waals surface area (Å²) in [6.07, 6.45) is 0.775. The SMILES string of the molecule is CCC(C)C(=O)NCc1ccc(S(=O)(=O)Cl)s1. The van der Waals surface area contributed by atoms with E-state index in [1.807, 2.05) is 13.8 Å². The first-order valence-electron chi connectivity index (χ1n) is 5.15. The fourth-order valence-electron chi connectivity index (χ4n) is 1.12. The molecule has 1 aromatic rings. The molecule has 0 bridgehead atoms. The zero-order valence-electron chi connectivity index (χ0n) is 9.57. The second-order valence-electron chi connectivity index (χ2n) is 3.69. The predicted octanol–water partition coefficient (Wildman–Crippen LogP) is 2.34. The van der Waals surface area contributed by atoms with Crippen molar-refractivity contribution in [2.45, 2.75) is 31.0 Å². The highest BCUT2D eigenvalue weighted by Gasteiger charge is 2.14. The van der Waals surface area contributed by atoms with Crippen molar-refractivity contribution < 1.29 is 13.2 Å². The average Bonchev–Trinajstić information content (AvgIpc) is 2.72. The number of nitrogens with one attached hydrogen (secondary N) is 1. The van der Waals surface area contributed by atoms with Gasteiger partial charge in [-0.1, -0.05) is 13.8 Å². The molecule has 0 saturated carbocycles. The van der Waals surface area contributed by atoms with Gasteiger partial charge in [-0.2, -0.15) is 0 Å². The lowest BCUT2D eigenvalue weighted by atomic mass is 10.1. The van der Waals surface area contributed by atoms with Gasteiger partial charge in [0, 0.05) is 21.5 Å². The summed E-state index contributed by atoms with van der Waals surface area (Å²) in [6, 6.07) is 3.09. The van der Waals surface area contributed by atoms with Gasteiger partial charge in [0.25, 0.3) is 9.05 Å². The third-order valence-corrected chi connectivity index (χ3v) is 5.55. The lowest BCUT2D eigenvalue weighted by molar-refractivity contribution is -0.124. The quantitative estimate of drug-likeness (QED) is 0.848. The molecule has 0 aliphatic carbocycles. The number of thiophene rings is 1. The third kappa shape index (κ3) is 4.29. The van der Waals surface area contributed by atoms with Crippen molar-refractivity contribution in [3.05, 3.63) is 17.0 Å². The molecule has 0 aromatic carbocycles. The Kier molecular flexibility index (Phi) is 4.97. The standard InChI is InChI=1S/C10H14ClNO3S2/c1-3-7(2)10(13)12-6-8-4-5-9(16-8)17(11,14)15/h4-5,7H,3,6H2,1-2H3,(H,12,13). The van der Waals surface area contributed by atoms with E-state index in [0.29, 0.717) is 6.54 Å². The molecule has 0 saturated heterocycles. The van der Waals surface area contributed by atoms with E-state index in [1.165, 1.54) is 6.07 Å². The van der Waals surface area contributed by atoms with Gasteiger partial charge in [-0.05, 0) is 18.6 Å². The second-order valence-corrected chi connectivity index (χ2v) is 7.65. The number of hydrogen-bond acceptors (Lipinski definition) is 4. The van der Waals surface area contributed by atoms with E-state index in [-0.39, 0.29) is 16.0 Å². The normalized spacial score (nSPS) is 13.4. The summed E-state index contributed by atoms with van der Waals surface area (Å²) in [5.74, 6) is -0.0672. The van der Waals surface area contributed by atoms with Crippen molar-refractivity contribution in [2.75, 3.05) is 0 Å². The van der Waals surface area contributed by atoms with Crippen LogP contribution in [0.25, 0.3) is 0 Å². The average molecular weight is 296 g/mol. The maximum absolute atomic E-state index is 11.5. The Morgan fingerprint density at radius 2 is 2.18 bits per heavy atom. The lowest BCUT2D eigenvalue weighted by Crippen LogP contribution is -2.27. The topological polar surface area (TPSA) is 63.2 Å². The molecule has 0 spiro atoms. The molecule has 17 heavy (non-hydrogen) atoms. The van der Waals surface area contributed by atoms with E-state index >= 15 is 0 Å². The Morgan fingerprint density at radius 1 is 1.53 bits per heavy atom. The van der Waals surface area contributed by atoms with Gasteiger partial charge in [0.05, 0.1) is 6.54 Å². The Labute approximate surface area is 109 Å². The molecule has 1 heterocycles. The zero-order chi connectivity index (χ0) is 13.1. The molecule has 0 radical (unpaired) electrons. The van der Waals surface area contributed by atoms with E-state index in [4.69, 9.17) is 10.7 Å². The second kappa shape index (κ2) is 5.84. The van der Waals surface area contributed by atoms with Gasteiger partial charge in [0.2, 0.25) is 5.91 Å². The van der Waals surface area contributed by atoms with Crippen LogP contribution >= 0.6 is 22.0 Å². The summed E-state index contributed by atoms with van der Waals surface area (Å²) >= 11 is 1.07. The van der Waals surface area contributed by atoms with Crippen LogP contribution in [0.3, 0.4) is 0 Å². The first-order valence-corrected chi connectivity index (χ1v) is 8.28. The minimum Gasteiger partial charge on any atom is -0.351 e. The van der Waals surface area contributed by atoms with Crippen molar-refractivity contribution in [3.8, 4) is 0 Å². The first-order chi connectivity index (χ1) is 7.84. The molecule has 0 aliphatic heterocycles. The number of hydrogen-bond donors (Lipinski definition) is 1. The van der Waals surface area contributed by atoms with E-state index in [0.717, 1.165) is 22.6 Å². The molecular weight excluding hydrogens is 282 g/mol. The van der Waals surface area contributed by atoms with Gasteiger partial charge in [0.1, 0.15) is 4.21 Å². The van der Waals surface area contributed by atoms with Crippen molar-refractivity contribution in [3.63, 3.8) is 0 Å². The third-order valence-electron chi connectivity index (χ3n) is 2.37. The molecule has 4 nitrogen and oxygen atoms in total. The molecule has 1 atom stereocenters. The summed E-state index contributed by atoms with van der Waals surface area (Å²) in [5.41, 5.74) is 0. The van der Waals surface area contributed by atoms with Crippen LogP contribution in [0.5, 0.6) is 0 Å². The van der Waals surface area contributed by atoms with Gasteiger partial charge in [-0.25, -0.2) is 8.42 Å². The molecular formula is C10H14ClNO3S2. The van der Waals surface area contributed by atoms with Gasteiger partial charge in [0.15, 0.2) is 0 Å². The molecule has 96 valence electrons. The highest BCUT2D eigenvalue weighted by molar-refractivity contribution is 8.15. The number of rotatable bonds is 5. The van der Waals surface area contributed by atoms with Crippen LogP contribution in [0.1, 0.15) is 25.1 Å². The fraction of sp³-hybridized carbons (Fsp3) is 0.500. The zero-order valence-corrected chi connectivity index (χ0v) is 12.0. The van der Waals surface area contributed by atoms with Crippen LogP contribution < -0.4 is 5.32 Å². The predicted molar refractivity (Wildman–Crippen MR) is 68.7 cm³/mol. The Bertz CT molecular complexity index is 495.